The molecule has 0 N–H and O–H groups in total. The molecule has 0 saturated heterocycles. The molecule has 0 spiro atoms. The van der Waals surface area contributed by atoms with Crippen molar-refractivity contribution in [2.75, 3.05) is 19.0 Å². The average Bonchev–Trinajstić information content (AvgIpc) is 2.94. The van der Waals surface area contributed by atoms with E-state index < -0.39 is 0 Å². The van der Waals surface area contributed by atoms with E-state index in [1.807, 2.05) is 39.2 Å². The highest BCUT2D eigenvalue weighted by Crippen LogP contribution is 2.36. The van der Waals surface area contributed by atoms with Crippen LogP contribution in [0.15, 0.2) is 42.5 Å². The number of fused-ring (bicyclic) bond motifs is 3. The normalized spacial score (nSPS) is 11.3. The third-order valence-electron chi connectivity index (χ3n) is 4.02. The summed E-state index contributed by atoms with van der Waals surface area (Å²) < 4.78 is 14.7. The number of hydrogen-bond acceptors (Lipinski definition) is 4. The Kier molecular flexibility index (Phi) is 3.46. The molecule has 0 saturated carbocycles. The van der Waals surface area contributed by atoms with Gasteiger partial charge in [-0.05, 0) is 37.3 Å². The van der Waals surface area contributed by atoms with Crippen LogP contribution in [0.1, 0.15) is 5.01 Å². The molecule has 0 fully saturated rings. The first-order valence-corrected chi connectivity index (χ1v) is 8.49. The number of rotatable bonds is 2. The molecule has 120 valence electrons. The monoisotopic (exact) mass is 337 g/mol. The maximum absolute atomic E-state index is 13.6. The van der Waals surface area contributed by atoms with Crippen molar-refractivity contribution in [2.45, 2.75) is 6.92 Å². The van der Waals surface area contributed by atoms with Gasteiger partial charge in [-0.1, -0.05) is 12.1 Å². The summed E-state index contributed by atoms with van der Waals surface area (Å²) in [6.45, 7) is 2.01. The van der Waals surface area contributed by atoms with Gasteiger partial charge in [0.2, 0.25) is 0 Å². The molecule has 3 nitrogen and oxygen atoms in total. The highest BCUT2D eigenvalue weighted by atomic mass is 32.1. The molecule has 5 heteroatoms. The molecule has 0 aliphatic heterocycles. The first kappa shape index (κ1) is 15.0. The zero-order valence-corrected chi connectivity index (χ0v) is 14.5. The summed E-state index contributed by atoms with van der Waals surface area (Å²) in [6.07, 6.45) is 0. The summed E-state index contributed by atoms with van der Waals surface area (Å²) in [6, 6.07) is 12.6. The van der Waals surface area contributed by atoms with E-state index in [0.717, 1.165) is 43.1 Å². The van der Waals surface area contributed by atoms with Crippen LogP contribution in [0.2, 0.25) is 0 Å². The quantitative estimate of drug-likeness (QED) is 0.514. The summed E-state index contributed by atoms with van der Waals surface area (Å²) in [5, 5.41) is 2.08. The molecule has 4 aromatic rings. The van der Waals surface area contributed by atoms with Crippen LogP contribution < -0.4 is 4.90 Å². The first-order valence-electron chi connectivity index (χ1n) is 7.67. The Balaban J connectivity index is 2.07. The van der Waals surface area contributed by atoms with Crippen molar-refractivity contribution in [3.05, 3.63) is 53.3 Å². The minimum Gasteiger partial charge on any atom is -0.377 e. The number of aromatic nitrogens is 2. The summed E-state index contributed by atoms with van der Waals surface area (Å²) >= 11 is 1.68. The van der Waals surface area contributed by atoms with Gasteiger partial charge in [-0.2, -0.15) is 0 Å². The molecule has 0 radical (unpaired) electrons. The fourth-order valence-corrected chi connectivity index (χ4v) is 3.79. The van der Waals surface area contributed by atoms with Gasteiger partial charge in [-0.25, -0.2) is 14.4 Å². The Hall–Kier alpha value is -2.53. The van der Waals surface area contributed by atoms with Crippen molar-refractivity contribution in [2.24, 2.45) is 0 Å². The van der Waals surface area contributed by atoms with Crippen molar-refractivity contribution in [3.63, 3.8) is 0 Å². The zero-order valence-electron chi connectivity index (χ0n) is 13.7. The lowest BCUT2D eigenvalue weighted by Gasteiger charge is -2.17. The molecule has 4 rings (SSSR count). The standard InChI is InChI=1S/C19H16FN3S/c1-11-21-19-17(24-11)8-7-14-18(19)16(23(2)3)10-15(22-14)12-5-4-6-13(20)9-12/h4-10H,1-3H3. The van der Waals surface area contributed by atoms with Crippen LogP contribution in [0.4, 0.5) is 10.1 Å². The number of anilines is 1. The topological polar surface area (TPSA) is 29.0 Å². The van der Waals surface area contributed by atoms with E-state index in [1.54, 1.807) is 17.4 Å². The zero-order chi connectivity index (χ0) is 16.8. The van der Waals surface area contributed by atoms with E-state index in [0.29, 0.717) is 0 Å². The largest absolute Gasteiger partial charge is 0.377 e. The van der Waals surface area contributed by atoms with Gasteiger partial charge in [0, 0.05) is 19.7 Å². The van der Waals surface area contributed by atoms with Crippen LogP contribution in [0.5, 0.6) is 0 Å². The molecule has 0 atom stereocenters. The minimum atomic E-state index is -0.258. The second-order valence-electron chi connectivity index (χ2n) is 5.97. The van der Waals surface area contributed by atoms with Crippen molar-refractivity contribution in [1.82, 2.24) is 9.97 Å². The lowest BCUT2D eigenvalue weighted by molar-refractivity contribution is 0.628. The van der Waals surface area contributed by atoms with E-state index >= 15 is 0 Å². The summed E-state index contributed by atoms with van der Waals surface area (Å²) in [5.74, 6) is -0.258. The molecule has 0 bridgehead atoms. The molecule has 2 aromatic heterocycles. The van der Waals surface area contributed by atoms with Gasteiger partial charge in [0.1, 0.15) is 5.82 Å². The molecule has 0 amide bonds. The number of thiazole rings is 1. The molecule has 0 aliphatic rings. The van der Waals surface area contributed by atoms with Crippen molar-refractivity contribution in [1.29, 1.82) is 0 Å². The van der Waals surface area contributed by atoms with Crippen LogP contribution >= 0.6 is 11.3 Å². The molecular formula is C19H16FN3S. The fraction of sp³-hybridized carbons (Fsp3) is 0.158. The molecule has 2 aromatic carbocycles. The minimum absolute atomic E-state index is 0.258. The third-order valence-corrected chi connectivity index (χ3v) is 4.95. The van der Waals surface area contributed by atoms with Crippen LogP contribution in [0, 0.1) is 12.7 Å². The Morgan fingerprint density at radius 3 is 2.62 bits per heavy atom. The SMILES string of the molecule is Cc1nc2c(ccc3nc(-c4cccc(F)c4)cc(N(C)C)c32)s1. The van der Waals surface area contributed by atoms with E-state index in [9.17, 15) is 4.39 Å². The summed E-state index contributed by atoms with van der Waals surface area (Å²) in [5.41, 5.74) is 4.43. The Morgan fingerprint density at radius 2 is 1.88 bits per heavy atom. The number of benzene rings is 2. The highest BCUT2D eigenvalue weighted by Gasteiger charge is 2.14. The van der Waals surface area contributed by atoms with Crippen LogP contribution in [-0.4, -0.2) is 24.1 Å². The Labute approximate surface area is 143 Å². The molecule has 2 heterocycles. The first-order chi connectivity index (χ1) is 11.5. The van der Waals surface area contributed by atoms with Gasteiger partial charge in [0.25, 0.3) is 0 Å². The van der Waals surface area contributed by atoms with E-state index in [-0.39, 0.29) is 5.82 Å². The van der Waals surface area contributed by atoms with Crippen LogP contribution in [0.25, 0.3) is 32.4 Å². The van der Waals surface area contributed by atoms with Gasteiger partial charge in [0.15, 0.2) is 0 Å². The average molecular weight is 337 g/mol. The van der Waals surface area contributed by atoms with Crippen LogP contribution in [-0.2, 0) is 0 Å². The van der Waals surface area contributed by atoms with Gasteiger partial charge < -0.3 is 4.90 Å². The number of aryl methyl sites for hydroxylation is 1. The second kappa shape index (κ2) is 5.53. The van der Waals surface area contributed by atoms with Crippen molar-refractivity contribution >= 4 is 38.1 Å². The third kappa shape index (κ3) is 2.41. The molecular weight excluding hydrogens is 321 g/mol. The molecule has 24 heavy (non-hydrogen) atoms. The molecule has 0 aliphatic carbocycles. The smallest absolute Gasteiger partial charge is 0.123 e. The van der Waals surface area contributed by atoms with Gasteiger partial charge in [-0.15, -0.1) is 11.3 Å². The lowest BCUT2D eigenvalue weighted by Crippen LogP contribution is -2.10. The van der Waals surface area contributed by atoms with E-state index in [2.05, 4.69) is 11.0 Å². The number of pyridine rings is 1. The Bertz CT molecular complexity index is 1070. The van der Waals surface area contributed by atoms with Crippen molar-refractivity contribution < 1.29 is 4.39 Å². The molecule has 0 unspecified atom stereocenters. The fourth-order valence-electron chi connectivity index (χ4n) is 2.95. The Morgan fingerprint density at radius 1 is 1.04 bits per heavy atom. The predicted molar refractivity (Wildman–Crippen MR) is 99.4 cm³/mol. The van der Waals surface area contributed by atoms with E-state index in [4.69, 9.17) is 9.97 Å². The lowest BCUT2D eigenvalue weighted by atomic mass is 10.1. The second-order valence-corrected chi connectivity index (χ2v) is 7.21. The number of halogens is 1. The van der Waals surface area contributed by atoms with Gasteiger partial charge in [-0.3, -0.25) is 0 Å². The summed E-state index contributed by atoms with van der Waals surface area (Å²) in [7, 11) is 4.00. The maximum atomic E-state index is 13.6. The highest BCUT2D eigenvalue weighted by molar-refractivity contribution is 7.18. The van der Waals surface area contributed by atoms with Crippen LogP contribution in [0.3, 0.4) is 0 Å². The van der Waals surface area contributed by atoms with E-state index in [1.165, 1.54) is 12.1 Å². The van der Waals surface area contributed by atoms with Crippen molar-refractivity contribution in [3.8, 4) is 11.3 Å². The summed E-state index contributed by atoms with van der Waals surface area (Å²) in [4.78, 5) is 11.5. The number of hydrogen-bond donors (Lipinski definition) is 0. The van der Waals surface area contributed by atoms with Gasteiger partial charge in [0.05, 0.1) is 37.5 Å². The van der Waals surface area contributed by atoms with Gasteiger partial charge >= 0.3 is 0 Å². The predicted octanol–water partition coefficient (Wildman–Crippen LogP) is 5.03. The maximum Gasteiger partial charge on any atom is 0.123 e. The number of nitrogens with zero attached hydrogens (tertiary/aromatic N) is 3.